The van der Waals surface area contributed by atoms with Crippen molar-refractivity contribution in [2.75, 3.05) is 14.2 Å². The zero-order valence-electron chi connectivity index (χ0n) is 12.2. The van der Waals surface area contributed by atoms with Crippen LogP contribution in [-0.2, 0) is 11.2 Å². The van der Waals surface area contributed by atoms with E-state index in [2.05, 4.69) is 22.4 Å². The molecule has 1 aromatic heterocycles. The van der Waals surface area contributed by atoms with Gasteiger partial charge in [0.15, 0.2) is 0 Å². The van der Waals surface area contributed by atoms with Gasteiger partial charge in [0.2, 0.25) is 11.7 Å². The molecule has 0 bridgehead atoms. The molecule has 20 heavy (non-hydrogen) atoms. The van der Waals surface area contributed by atoms with Crippen molar-refractivity contribution in [3.63, 3.8) is 0 Å². The van der Waals surface area contributed by atoms with E-state index < -0.39 is 0 Å². The Balaban J connectivity index is 2.07. The zero-order chi connectivity index (χ0) is 14.4. The molecule has 0 radical (unpaired) electrons. The molecular weight excluding hydrogens is 254 g/mol. The van der Waals surface area contributed by atoms with Crippen molar-refractivity contribution in [2.24, 2.45) is 0 Å². The molecule has 2 atom stereocenters. The molecule has 0 saturated heterocycles. The highest BCUT2D eigenvalue weighted by Crippen LogP contribution is 2.22. The second-order valence-corrected chi connectivity index (χ2v) is 4.80. The maximum Gasteiger partial charge on any atom is 0.226 e. The third kappa shape index (κ3) is 3.65. The summed E-state index contributed by atoms with van der Waals surface area (Å²) >= 11 is 0. The maximum absolute atomic E-state index is 5.49. The highest BCUT2D eigenvalue weighted by Gasteiger charge is 2.19. The Labute approximate surface area is 119 Å². The smallest absolute Gasteiger partial charge is 0.226 e. The first-order valence-corrected chi connectivity index (χ1v) is 6.82. The summed E-state index contributed by atoms with van der Waals surface area (Å²) in [5.41, 5.74) is 1.02. The summed E-state index contributed by atoms with van der Waals surface area (Å²) in [7, 11) is 3.59. The summed E-state index contributed by atoms with van der Waals surface area (Å²) in [4.78, 5) is 4.43. The Hall–Kier alpha value is -1.72. The largest absolute Gasteiger partial charge is 0.369 e. The fourth-order valence-corrected chi connectivity index (χ4v) is 1.98. The first-order valence-electron chi connectivity index (χ1n) is 6.82. The number of nitrogens with one attached hydrogen (secondary N) is 1. The fraction of sp³-hybridized carbons (Fsp3) is 0.467. The second-order valence-electron chi connectivity index (χ2n) is 4.80. The normalized spacial score (nSPS) is 14.2. The highest BCUT2D eigenvalue weighted by molar-refractivity contribution is 5.22. The summed E-state index contributed by atoms with van der Waals surface area (Å²) in [6, 6.07) is 10.3. The molecule has 2 unspecified atom stereocenters. The van der Waals surface area contributed by atoms with Gasteiger partial charge in [0.1, 0.15) is 6.10 Å². The van der Waals surface area contributed by atoms with Gasteiger partial charge in [-0.3, -0.25) is 0 Å². The number of ether oxygens (including phenoxy) is 1. The molecular formula is C15H21N3O2. The molecule has 2 aromatic rings. The number of benzene rings is 1. The number of hydrogen-bond donors (Lipinski definition) is 1. The van der Waals surface area contributed by atoms with Gasteiger partial charge in [-0.25, -0.2) is 0 Å². The van der Waals surface area contributed by atoms with Crippen LogP contribution in [0.5, 0.6) is 0 Å². The average Bonchev–Trinajstić information content (AvgIpc) is 2.95. The van der Waals surface area contributed by atoms with Crippen LogP contribution in [-0.4, -0.2) is 30.3 Å². The predicted octanol–water partition coefficient (Wildman–Crippen LogP) is 2.35. The van der Waals surface area contributed by atoms with E-state index in [4.69, 9.17) is 9.26 Å². The van der Waals surface area contributed by atoms with E-state index in [-0.39, 0.29) is 6.10 Å². The minimum absolute atomic E-state index is 0.282. The van der Waals surface area contributed by atoms with E-state index >= 15 is 0 Å². The van der Waals surface area contributed by atoms with Crippen LogP contribution in [0.1, 0.15) is 36.7 Å². The Morgan fingerprint density at radius 3 is 2.70 bits per heavy atom. The Bertz CT molecular complexity index is 513. The van der Waals surface area contributed by atoms with Crippen molar-refractivity contribution in [2.45, 2.75) is 31.9 Å². The lowest BCUT2D eigenvalue weighted by molar-refractivity contribution is 0.126. The lowest BCUT2D eigenvalue weighted by Gasteiger charge is -2.10. The summed E-state index contributed by atoms with van der Waals surface area (Å²) < 4.78 is 10.8. The summed E-state index contributed by atoms with van der Waals surface area (Å²) in [6.07, 6.45) is 1.44. The number of aromatic nitrogens is 2. The van der Waals surface area contributed by atoms with E-state index in [1.54, 1.807) is 7.11 Å². The van der Waals surface area contributed by atoms with Crippen molar-refractivity contribution >= 4 is 0 Å². The summed E-state index contributed by atoms with van der Waals surface area (Å²) in [5, 5.41) is 7.22. The molecule has 0 amide bonds. The number of methoxy groups -OCH3 is 1. The van der Waals surface area contributed by atoms with Gasteiger partial charge in [0, 0.05) is 19.6 Å². The average molecular weight is 275 g/mol. The van der Waals surface area contributed by atoms with E-state index in [0.717, 1.165) is 18.4 Å². The van der Waals surface area contributed by atoms with Crippen LogP contribution in [0, 0.1) is 0 Å². The topological polar surface area (TPSA) is 60.2 Å². The van der Waals surface area contributed by atoms with E-state index in [9.17, 15) is 0 Å². The molecule has 0 saturated carbocycles. The van der Waals surface area contributed by atoms with Crippen LogP contribution in [0.4, 0.5) is 0 Å². The van der Waals surface area contributed by atoms with Gasteiger partial charge in [0.25, 0.3) is 0 Å². The van der Waals surface area contributed by atoms with E-state index in [1.807, 2.05) is 37.4 Å². The minimum Gasteiger partial charge on any atom is -0.369 e. The second kappa shape index (κ2) is 7.17. The van der Waals surface area contributed by atoms with Crippen molar-refractivity contribution in [1.82, 2.24) is 15.5 Å². The molecule has 1 N–H and O–H groups in total. The van der Waals surface area contributed by atoms with Crippen LogP contribution < -0.4 is 5.32 Å². The molecule has 0 aliphatic carbocycles. The lowest BCUT2D eigenvalue weighted by atomic mass is 10.1. The van der Waals surface area contributed by atoms with Gasteiger partial charge in [-0.1, -0.05) is 35.5 Å². The molecule has 0 spiro atoms. The standard InChI is InChI=1S/C15H21N3O2/c1-11(16-2)9-10-13-17-15(18-20-13)14(19-3)12-7-5-4-6-8-12/h4-8,11,14,16H,9-10H2,1-3H3. The summed E-state index contributed by atoms with van der Waals surface area (Å²) in [5.74, 6) is 1.23. The van der Waals surface area contributed by atoms with Gasteiger partial charge in [-0.05, 0) is 26.0 Å². The van der Waals surface area contributed by atoms with Crippen LogP contribution in [0.25, 0.3) is 0 Å². The van der Waals surface area contributed by atoms with Crippen LogP contribution in [0.3, 0.4) is 0 Å². The maximum atomic E-state index is 5.49. The molecule has 1 heterocycles. The molecule has 2 rings (SSSR count). The summed E-state index contributed by atoms with van der Waals surface area (Å²) in [6.45, 7) is 2.12. The van der Waals surface area contributed by atoms with Gasteiger partial charge in [0.05, 0.1) is 0 Å². The van der Waals surface area contributed by atoms with Crippen molar-refractivity contribution in [3.8, 4) is 0 Å². The number of rotatable bonds is 7. The number of hydrogen-bond acceptors (Lipinski definition) is 5. The SMILES string of the molecule is CNC(C)CCc1nc(C(OC)c2ccccc2)no1. The first kappa shape index (κ1) is 14.7. The Morgan fingerprint density at radius 2 is 2.05 bits per heavy atom. The van der Waals surface area contributed by atoms with Crippen molar-refractivity contribution in [3.05, 3.63) is 47.6 Å². The molecule has 5 heteroatoms. The van der Waals surface area contributed by atoms with E-state index in [0.29, 0.717) is 17.8 Å². The van der Waals surface area contributed by atoms with Crippen LogP contribution >= 0.6 is 0 Å². The molecule has 1 aromatic carbocycles. The number of aryl methyl sites for hydroxylation is 1. The Morgan fingerprint density at radius 1 is 1.30 bits per heavy atom. The minimum atomic E-state index is -0.282. The van der Waals surface area contributed by atoms with Crippen LogP contribution in [0.2, 0.25) is 0 Å². The molecule has 0 fully saturated rings. The third-order valence-corrected chi connectivity index (χ3v) is 3.34. The van der Waals surface area contributed by atoms with Gasteiger partial charge in [-0.15, -0.1) is 0 Å². The molecule has 5 nitrogen and oxygen atoms in total. The Kier molecular flexibility index (Phi) is 5.26. The molecule has 108 valence electrons. The fourth-order valence-electron chi connectivity index (χ4n) is 1.98. The lowest BCUT2D eigenvalue weighted by Crippen LogP contribution is -2.21. The predicted molar refractivity (Wildman–Crippen MR) is 76.4 cm³/mol. The number of nitrogens with zero attached hydrogens (tertiary/aromatic N) is 2. The van der Waals surface area contributed by atoms with Crippen molar-refractivity contribution in [1.29, 1.82) is 0 Å². The van der Waals surface area contributed by atoms with Gasteiger partial charge in [-0.2, -0.15) is 4.98 Å². The quantitative estimate of drug-likeness (QED) is 0.840. The monoisotopic (exact) mass is 275 g/mol. The van der Waals surface area contributed by atoms with Gasteiger partial charge >= 0.3 is 0 Å². The van der Waals surface area contributed by atoms with Crippen molar-refractivity contribution < 1.29 is 9.26 Å². The molecule has 0 aliphatic heterocycles. The molecule has 0 aliphatic rings. The zero-order valence-corrected chi connectivity index (χ0v) is 12.2. The first-order chi connectivity index (χ1) is 9.74. The van der Waals surface area contributed by atoms with Gasteiger partial charge < -0.3 is 14.6 Å². The third-order valence-electron chi connectivity index (χ3n) is 3.34. The van der Waals surface area contributed by atoms with E-state index in [1.165, 1.54) is 0 Å². The highest BCUT2D eigenvalue weighted by atomic mass is 16.5. The van der Waals surface area contributed by atoms with Crippen LogP contribution in [0.15, 0.2) is 34.9 Å².